The van der Waals surface area contributed by atoms with E-state index in [9.17, 15) is 4.79 Å². The molecule has 0 spiro atoms. The van der Waals surface area contributed by atoms with E-state index in [1.54, 1.807) is 18.3 Å². The lowest BCUT2D eigenvalue weighted by atomic mass is 9.88. The molecule has 30 heavy (non-hydrogen) atoms. The number of hydrogen-bond acceptors (Lipinski definition) is 5. The van der Waals surface area contributed by atoms with Crippen molar-refractivity contribution >= 4 is 5.91 Å². The Morgan fingerprint density at radius 2 is 2.00 bits per heavy atom. The van der Waals surface area contributed by atoms with E-state index in [-0.39, 0.29) is 12.3 Å². The molecule has 5 rings (SSSR count). The van der Waals surface area contributed by atoms with Crippen LogP contribution in [0.2, 0.25) is 0 Å². The molecule has 1 unspecified atom stereocenters. The number of carbonyl (C=O) groups excluding carboxylic acids is 1. The van der Waals surface area contributed by atoms with Crippen LogP contribution in [0.4, 0.5) is 0 Å². The number of nitrogens with zero attached hydrogens (tertiary/aromatic N) is 2. The average Bonchev–Trinajstić information content (AvgIpc) is 3.21. The van der Waals surface area contributed by atoms with Crippen molar-refractivity contribution in [2.45, 2.75) is 12.0 Å². The number of primary amides is 1. The first-order chi connectivity index (χ1) is 14.1. The minimum absolute atomic E-state index is 0. The molecule has 5 N–H and O–H groups in total. The van der Waals surface area contributed by atoms with E-state index in [0.717, 1.165) is 28.4 Å². The number of amides is 1. The minimum atomic E-state index is -0.725. The van der Waals surface area contributed by atoms with Gasteiger partial charge in [-0.15, -0.1) is 0 Å². The Hall–Kier alpha value is -3.75. The van der Waals surface area contributed by atoms with Crippen molar-refractivity contribution in [2.24, 2.45) is 5.73 Å². The van der Waals surface area contributed by atoms with Crippen LogP contribution in [-0.4, -0.2) is 33.1 Å². The molecule has 1 aliphatic carbocycles. The van der Waals surface area contributed by atoms with Gasteiger partial charge in [0.2, 0.25) is 5.91 Å². The van der Waals surface area contributed by atoms with Gasteiger partial charge in [0.15, 0.2) is 6.79 Å². The monoisotopic (exact) mass is 404 g/mol. The molecule has 1 aliphatic heterocycles. The molecule has 1 fully saturated rings. The smallest absolute Gasteiger partial charge is 0.248 e. The summed E-state index contributed by atoms with van der Waals surface area (Å²) in [5.74, 6) is 1.05. The molecule has 152 valence electrons. The normalized spacial score (nSPS) is 19.4. The molecule has 2 aliphatic rings. The molecule has 3 aromatic rings. The zero-order chi connectivity index (χ0) is 19.8. The zero-order valence-corrected chi connectivity index (χ0v) is 16.0. The Morgan fingerprint density at radius 3 is 2.73 bits per heavy atom. The minimum Gasteiger partial charge on any atom is -0.472 e. The summed E-state index contributed by atoms with van der Waals surface area (Å²) in [5.41, 5.74) is 8.20. The lowest BCUT2D eigenvalue weighted by Gasteiger charge is -2.37. The first-order valence-corrected chi connectivity index (χ1v) is 9.22. The maximum absolute atomic E-state index is 11.4. The lowest BCUT2D eigenvalue weighted by Crippen LogP contribution is -2.36. The fourth-order valence-electron chi connectivity index (χ4n) is 3.63. The van der Waals surface area contributed by atoms with Gasteiger partial charge in [0, 0.05) is 23.7 Å². The van der Waals surface area contributed by atoms with Crippen LogP contribution in [0.3, 0.4) is 0 Å². The highest BCUT2D eigenvalue weighted by molar-refractivity contribution is 5.93. The molecule has 8 heteroatoms. The molecule has 8 nitrogen and oxygen atoms in total. The number of aromatic amines is 1. The third-order valence-corrected chi connectivity index (χ3v) is 5.11. The van der Waals surface area contributed by atoms with Crippen LogP contribution < -0.4 is 5.73 Å². The maximum atomic E-state index is 11.4. The number of nitrogens with two attached hydrogens (primary N) is 1. The number of ether oxygens (including phenoxy) is 2. The van der Waals surface area contributed by atoms with Gasteiger partial charge < -0.3 is 25.7 Å². The standard InChI is InChI=1S/C22H18N4O3.H2O/c23-20(27)14-6-8-15(9-7-14)21-25-18(17-5-1-2-11-24-17)19(26-21)22-10-3-4-16(12-22)28-13-29-22;/h1-11H,12-13H2,(H2,23,27)(H,25,26);1H2. The van der Waals surface area contributed by atoms with Crippen LogP contribution in [0, 0.1) is 0 Å². The van der Waals surface area contributed by atoms with Gasteiger partial charge in [0.25, 0.3) is 0 Å². The summed E-state index contributed by atoms with van der Waals surface area (Å²) in [6.45, 7) is 0.160. The van der Waals surface area contributed by atoms with E-state index < -0.39 is 11.5 Å². The van der Waals surface area contributed by atoms with E-state index in [2.05, 4.69) is 9.97 Å². The molecule has 1 amide bonds. The van der Waals surface area contributed by atoms with Gasteiger partial charge in [-0.05, 0) is 36.4 Å². The van der Waals surface area contributed by atoms with E-state index in [0.29, 0.717) is 17.8 Å². The number of carbonyl (C=O) groups is 1. The average molecular weight is 404 g/mol. The highest BCUT2D eigenvalue weighted by Gasteiger charge is 2.42. The maximum Gasteiger partial charge on any atom is 0.248 e. The largest absolute Gasteiger partial charge is 0.472 e. The second kappa shape index (κ2) is 7.58. The quantitative estimate of drug-likeness (QED) is 0.689. The Kier molecular flexibility index (Phi) is 4.94. The third kappa shape index (κ3) is 3.28. The number of allylic oxidation sites excluding steroid dienone is 2. The van der Waals surface area contributed by atoms with Crippen molar-refractivity contribution in [1.29, 1.82) is 0 Å². The summed E-state index contributed by atoms with van der Waals surface area (Å²) in [6.07, 6.45) is 8.18. The molecular weight excluding hydrogens is 384 g/mol. The highest BCUT2D eigenvalue weighted by Crippen LogP contribution is 2.43. The summed E-state index contributed by atoms with van der Waals surface area (Å²) < 4.78 is 11.6. The molecule has 0 radical (unpaired) electrons. The summed E-state index contributed by atoms with van der Waals surface area (Å²) in [5, 5.41) is 0. The molecule has 2 bridgehead atoms. The van der Waals surface area contributed by atoms with Crippen molar-refractivity contribution in [1.82, 2.24) is 15.0 Å². The van der Waals surface area contributed by atoms with E-state index in [4.69, 9.17) is 20.2 Å². The second-order valence-electron chi connectivity index (χ2n) is 6.93. The fourth-order valence-corrected chi connectivity index (χ4v) is 3.63. The Balaban J connectivity index is 0.00000218. The molecule has 1 saturated heterocycles. The van der Waals surface area contributed by atoms with Gasteiger partial charge in [0.05, 0.1) is 11.4 Å². The molecule has 3 heterocycles. The van der Waals surface area contributed by atoms with Crippen LogP contribution in [0.25, 0.3) is 22.8 Å². The Bertz CT molecular complexity index is 1140. The first-order valence-electron chi connectivity index (χ1n) is 9.22. The number of pyridine rings is 1. The molecular formula is C22H20N4O4. The Morgan fingerprint density at radius 1 is 1.17 bits per heavy atom. The van der Waals surface area contributed by atoms with Gasteiger partial charge >= 0.3 is 0 Å². The van der Waals surface area contributed by atoms with E-state index >= 15 is 0 Å². The fraction of sp³-hybridized carbons (Fsp3) is 0.136. The third-order valence-electron chi connectivity index (χ3n) is 5.11. The number of imidazole rings is 1. The number of aromatic nitrogens is 3. The van der Waals surface area contributed by atoms with Crippen molar-refractivity contribution in [3.05, 3.63) is 83.9 Å². The van der Waals surface area contributed by atoms with Crippen LogP contribution in [0.15, 0.2) is 72.6 Å². The molecule has 1 aromatic carbocycles. The summed E-state index contributed by atoms with van der Waals surface area (Å²) in [7, 11) is 0. The van der Waals surface area contributed by atoms with Gasteiger partial charge in [-0.3, -0.25) is 9.78 Å². The predicted molar refractivity (Wildman–Crippen MR) is 110 cm³/mol. The number of H-pyrrole nitrogens is 1. The van der Waals surface area contributed by atoms with Crippen LogP contribution in [-0.2, 0) is 15.1 Å². The number of hydrogen-bond donors (Lipinski definition) is 2. The SMILES string of the molecule is NC(=O)c1ccc(-c2nc(C34C=CC=C(C3)OCO4)c(-c3ccccn3)[nH]2)cc1.O. The number of benzene rings is 1. The van der Waals surface area contributed by atoms with Crippen molar-refractivity contribution < 1.29 is 19.7 Å². The summed E-state index contributed by atoms with van der Waals surface area (Å²) >= 11 is 0. The first kappa shape index (κ1) is 19.6. The molecule has 1 atom stereocenters. The van der Waals surface area contributed by atoms with Gasteiger partial charge in [-0.2, -0.15) is 0 Å². The van der Waals surface area contributed by atoms with Crippen molar-refractivity contribution in [3.63, 3.8) is 0 Å². The number of nitrogens with one attached hydrogen (secondary N) is 1. The summed E-state index contributed by atoms with van der Waals surface area (Å²) in [4.78, 5) is 24.1. The van der Waals surface area contributed by atoms with Crippen LogP contribution >= 0.6 is 0 Å². The number of fused-ring (bicyclic) bond motifs is 2. The van der Waals surface area contributed by atoms with Crippen molar-refractivity contribution in [2.75, 3.05) is 6.79 Å². The molecule has 2 aromatic heterocycles. The number of rotatable bonds is 4. The Labute approximate surface area is 172 Å². The van der Waals surface area contributed by atoms with E-state index in [1.165, 1.54) is 0 Å². The van der Waals surface area contributed by atoms with Gasteiger partial charge in [0.1, 0.15) is 22.9 Å². The second-order valence-corrected chi connectivity index (χ2v) is 6.93. The lowest BCUT2D eigenvalue weighted by molar-refractivity contribution is -0.151. The van der Waals surface area contributed by atoms with Gasteiger partial charge in [-0.25, -0.2) is 4.98 Å². The van der Waals surface area contributed by atoms with Gasteiger partial charge in [-0.1, -0.05) is 24.3 Å². The van der Waals surface area contributed by atoms with Crippen LogP contribution in [0.5, 0.6) is 0 Å². The molecule has 0 saturated carbocycles. The zero-order valence-electron chi connectivity index (χ0n) is 16.0. The van der Waals surface area contributed by atoms with E-state index in [1.807, 2.05) is 48.6 Å². The predicted octanol–water partition coefficient (Wildman–Crippen LogP) is 2.46. The van der Waals surface area contributed by atoms with Crippen molar-refractivity contribution in [3.8, 4) is 22.8 Å². The highest BCUT2D eigenvalue weighted by atomic mass is 16.7. The van der Waals surface area contributed by atoms with Crippen LogP contribution in [0.1, 0.15) is 22.5 Å². The topological polar surface area (TPSA) is 135 Å². The summed E-state index contributed by atoms with van der Waals surface area (Å²) in [6, 6.07) is 12.7.